The predicted octanol–water partition coefficient (Wildman–Crippen LogP) is 0.703. The van der Waals surface area contributed by atoms with Crippen molar-refractivity contribution < 1.29 is 19.5 Å². The first-order chi connectivity index (χ1) is 9.33. The van der Waals surface area contributed by atoms with Gasteiger partial charge < -0.3 is 19.8 Å². The third-order valence-corrected chi connectivity index (χ3v) is 3.03. The summed E-state index contributed by atoms with van der Waals surface area (Å²) in [6.45, 7) is 5.40. The maximum absolute atomic E-state index is 12.0. The number of nitrogens with zero attached hydrogens (tertiary/aromatic N) is 3. The molecule has 0 aliphatic rings. The first-order valence-electron chi connectivity index (χ1n) is 6.79. The lowest BCUT2D eigenvalue weighted by molar-refractivity contribution is -0.137. The number of carboxylic acid groups (broad SMARTS) is 1. The molecule has 0 saturated heterocycles. The molecular formula is C13H25N3O4. The van der Waals surface area contributed by atoms with Crippen molar-refractivity contribution in [3.63, 3.8) is 0 Å². The van der Waals surface area contributed by atoms with Gasteiger partial charge in [-0.05, 0) is 20.3 Å². The van der Waals surface area contributed by atoms with Crippen LogP contribution in [0.4, 0.5) is 4.79 Å². The molecular weight excluding hydrogens is 262 g/mol. The Hall–Kier alpha value is -1.79. The predicted molar refractivity (Wildman–Crippen MR) is 75.5 cm³/mol. The second-order valence-electron chi connectivity index (χ2n) is 4.62. The second kappa shape index (κ2) is 9.17. The number of carboxylic acids is 1. The summed E-state index contributed by atoms with van der Waals surface area (Å²) < 4.78 is 0. The minimum Gasteiger partial charge on any atom is -0.481 e. The fourth-order valence-corrected chi connectivity index (χ4v) is 1.80. The number of amides is 3. The van der Waals surface area contributed by atoms with Crippen LogP contribution < -0.4 is 0 Å². The molecule has 0 atom stereocenters. The third kappa shape index (κ3) is 6.40. The van der Waals surface area contributed by atoms with Crippen molar-refractivity contribution in [2.45, 2.75) is 26.7 Å². The maximum Gasteiger partial charge on any atom is 0.319 e. The van der Waals surface area contributed by atoms with Gasteiger partial charge in [0.1, 0.15) is 6.54 Å². The van der Waals surface area contributed by atoms with Gasteiger partial charge in [0.2, 0.25) is 5.91 Å². The summed E-state index contributed by atoms with van der Waals surface area (Å²) >= 11 is 0. The Morgan fingerprint density at radius 2 is 1.55 bits per heavy atom. The Kier molecular flexibility index (Phi) is 8.35. The summed E-state index contributed by atoms with van der Waals surface area (Å²) in [5.74, 6) is -0.972. The number of carbonyl (C=O) groups excluding carboxylic acids is 2. The van der Waals surface area contributed by atoms with E-state index >= 15 is 0 Å². The van der Waals surface area contributed by atoms with Gasteiger partial charge in [-0.2, -0.15) is 0 Å². The van der Waals surface area contributed by atoms with E-state index < -0.39 is 5.97 Å². The first-order valence-corrected chi connectivity index (χ1v) is 6.79. The van der Waals surface area contributed by atoms with Crippen LogP contribution in [0, 0.1) is 0 Å². The van der Waals surface area contributed by atoms with Gasteiger partial charge in [0, 0.05) is 40.2 Å². The molecule has 0 fully saturated rings. The Bertz CT molecular complexity index is 343. The minimum atomic E-state index is -0.879. The highest BCUT2D eigenvalue weighted by Gasteiger charge is 2.19. The van der Waals surface area contributed by atoms with Crippen LogP contribution >= 0.6 is 0 Å². The summed E-state index contributed by atoms with van der Waals surface area (Å²) in [4.78, 5) is 38.7. The van der Waals surface area contributed by atoms with Gasteiger partial charge in [0.15, 0.2) is 0 Å². The monoisotopic (exact) mass is 287 g/mol. The molecule has 0 aliphatic carbocycles. The number of hydrogen-bond donors (Lipinski definition) is 1. The van der Waals surface area contributed by atoms with Crippen LogP contribution in [-0.4, -0.2) is 78.0 Å². The van der Waals surface area contributed by atoms with Crippen molar-refractivity contribution in [1.82, 2.24) is 14.7 Å². The standard InChI is InChI=1S/C13H25N3O4/c1-5-16(6-2)11(17)10-15(4)13(20)14(3)9-7-8-12(18)19/h5-10H2,1-4H3,(H,18,19). The van der Waals surface area contributed by atoms with Crippen LogP contribution in [-0.2, 0) is 9.59 Å². The highest BCUT2D eigenvalue weighted by Crippen LogP contribution is 2.00. The molecule has 0 heterocycles. The van der Waals surface area contributed by atoms with Crippen molar-refractivity contribution in [2.75, 3.05) is 40.3 Å². The molecule has 0 aromatic heterocycles. The molecule has 0 bridgehead atoms. The molecule has 7 heteroatoms. The van der Waals surface area contributed by atoms with Crippen molar-refractivity contribution in [3.8, 4) is 0 Å². The average Bonchev–Trinajstić information content (AvgIpc) is 2.38. The van der Waals surface area contributed by atoms with Gasteiger partial charge in [-0.3, -0.25) is 9.59 Å². The zero-order valence-electron chi connectivity index (χ0n) is 12.8. The van der Waals surface area contributed by atoms with Gasteiger partial charge in [-0.1, -0.05) is 0 Å². The number of rotatable bonds is 8. The van der Waals surface area contributed by atoms with Gasteiger partial charge in [-0.25, -0.2) is 4.79 Å². The second-order valence-corrected chi connectivity index (χ2v) is 4.62. The summed E-state index contributed by atoms with van der Waals surface area (Å²) in [6, 6.07) is -0.282. The van der Waals surface area contributed by atoms with Gasteiger partial charge >= 0.3 is 12.0 Å². The van der Waals surface area contributed by atoms with Crippen LogP contribution in [0.15, 0.2) is 0 Å². The topological polar surface area (TPSA) is 81.2 Å². The lowest BCUT2D eigenvalue weighted by Crippen LogP contribution is -2.45. The molecule has 0 radical (unpaired) electrons. The summed E-state index contributed by atoms with van der Waals surface area (Å²) in [6.07, 6.45) is 0.426. The zero-order valence-corrected chi connectivity index (χ0v) is 12.8. The van der Waals surface area contributed by atoms with E-state index in [1.807, 2.05) is 13.8 Å². The molecule has 0 aromatic carbocycles. The molecule has 0 saturated carbocycles. The summed E-state index contributed by atoms with van der Waals surface area (Å²) in [5.41, 5.74) is 0. The molecule has 116 valence electrons. The Labute approximate surface area is 120 Å². The Balaban J connectivity index is 4.25. The Morgan fingerprint density at radius 3 is 2.00 bits per heavy atom. The number of hydrogen-bond acceptors (Lipinski definition) is 3. The van der Waals surface area contributed by atoms with E-state index in [1.54, 1.807) is 19.0 Å². The first kappa shape index (κ1) is 18.2. The van der Waals surface area contributed by atoms with Gasteiger partial charge in [-0.15, -0.1) is 0 Å². The van der Waals surface area contributed by atoms with Gasteiger partial charge in [0.25, 0.3) is 0 Å². The van der Waals surface area contributed by atoms with Crippen molar-refractivity contribution in [3.05, 3.63) is 0 Å². The lowest BCUT2D eigenvalue weighted by Gasteiger charge is -2.27. The summed E-state index contributed by atoms with van der Waals surface area (Å²) in [5, 5.41) is 8.54. The van der Waals surface area contributed by atoms with E-state index in [1.165, 1.54) is 9.80 Å². The van der Waals surface area contributed by atoms with Gasteiger partial charge in [0.05, 0.1) is 0 Å². The van der Waals surface area contributed by atoms with E-state index in [2.05, 4.69) is 0 Å². The fraction of sp³-hybridized carbons (Fsp3) is 0.769. The average molecular weight is 287 g/mol. The highest BCUT2D eigenvalue weighted by molar-refractivity contribution is 5.83. The van der Waals surface area contributed by atoms with Crippen molar-refractivity contribution >= 4 is 17.9 Å². The molecule has 7 nitrogen and oxygen atoms in total. The maximum atomic E-state index is 12.0. The highest BCUT2D eigenvalue weighted by atomic mass is 16.4. The van der Waals surface area contributed by atoms with E-state index in [0.717, 1.165) is 0 Å². The van der Waals surface area contributed by atoms with Crippen LogP contribution in [0.3, 0.4) is 0 Å². The van der Waals surface area contributed by atoms with E-state index in [4.69, 9.17) is 5.11 Å². The Morgan fingerprint density at radius 1 is 1.00 bits per heavy atom. The molecule has 1 N–H and O–H groups in total. The van der Waals surface area contributed by atoms with E-state index in [0.29, 0.717) is 26.1 Å². The van der Waals surface area contributed by atoms with Crippen LogP contribution in [0.25, 0.3) is 0 Å². The SMILES string of the molecule is CCN(CC)C(=O)CN(C)C(=O)N(C)CCCC(=O)O. The largest absolute Gasteiger partial charge is 0.481 e. The molecule has 3 amide bonds. The number of likely N-dealkylation sites (N-methyl/N-ethyl adjacent to an activating group) is 2. The summed E-state index contributed by atoms with van der Waals surface area (Å²) in [7, 11) is 3.17. The molecule has 0 aliphatic heterocycles. The lowest BCUT2D eigenvalue weighted by atomic mass is 10.3. The quantitative estimate of drug-likeness (QED) is 0.712. The van der Waals surface area contributed by atoms with Crippen molar-refractivity contribution in [1.29, 1.82) is 0 Å². The number of carbonyl (C=O) groups is 3. The van der Waals surface area contributed by atoms with E-state index in [9.17, 15) is 14.4 Å². The molecule has 0 rings (SSSR count). The molecule has 20 heavy (non-hydrogen) atoms. The smallest absolute Gasteiger partial charge is 0.319 e. The third-order valence-electron chi connectivity index (χ3n) is 3.03. The van der Waals surface area contributed by atoms with Crippen molar-refractivity contribution in [2.24, 2.45) is 0 Å². The normalized spacial score (nSPS) is 10.0. The number of urea groups is 1. The van der Waals surface area contributed by atoms with E-state index in [-0.39, 0.29) is 24.9 Å². The van der Waals surface area contributed by atoms with Crippen LogP contribution in [0.2, 0.25) is 0 Å². The number of aliphatic carboxylic acids is 1. The fourth-order valence-electron chi connectivity index (χ4n) is 1.80. The van der Waals surface area contributed by atoms with Crippen LogP contribution in [0.1, 0.15) is 26.7 Å². The van der Waals surface area contributed by atoms with Crippen LogP contribution in [0.5, 0.6) is 0 Å². The minimum absolute atomic E-state index is 0.0275. The zero-order chi connectivity index (χ0) is 15.7. The molecule has 0 aromatic rings. The molecule has 0 spiro atoms. The molecule has 0 unspecified atom stereocenters.